The molecule has 6 rings (SSSR count). The van der Waals surface area contributed by atoms with Crippen LogP contribution in [0.15, 0.2) is 24.4 Å². The summed E-state index contributed by atoms with van der Waals surface area (Å²) in [5.74, 6) is 2.52. The molecule has 3 aromatic rings. The second-order valence-corrected chi connectivity index (χ2v) is 14.2. The summed E-state index contributed by atoms with van der Waals surface area (Å²) in [5.41, 5.74) is 25.0. The molecule has 3 aliphatic rings. The highest BCUT2D eigenvalue weighted by Gasteiger charge is 2.21. The first-order valence-electron chi connectivity index (χ1n) is 19.5. The highest BCUT2D eigenvalue weighted by Crippen LogP contribution is 2.31. The van der Waals surface area contributed by atoms with Crippen molar-refractivity contribution in [3.63, 3.8) is 0 Å². The quantitative estimate of drug-likeness (QED) is 0.0961. The molecule has 0 aromatic carbocycles. The Balaban J connectivity index is 1.07. The van der Waals surface area contributed by atoms with Crippen LogP contribution in [0, 0.1) is 0 Å². The van der Waals surface area contributed by atoms with Crippen molar-refractivity contribution in [2.24, 2.45) is 0 Å². The highest BCUT2D eigenvalue weighted by atomic mass is 16.5. The Kier molecular flexibility index (Phi) is 15.1. The molecule has 0 radical (unpaired) electrons. The summed E-state index contributed by atoms with van der Waals surface area (Å²) < 4.78 is 34.3. The van der Waals surface area contributed by atoms with Gasteiger partial charge in [0.15, 0.2) is 0 Å². The van der Waals surface area contributed by atoms with Gasteiger partial charge in [-0.1, -0.05) is 0 Å². The van der Waals surface area contributed by atoms with E-state index in [0.29, 0.717) is 94.5 Å². The van der Waals surface area contributed by atoms with Gasteiger partial charge in [0.2, 0.25) is 0 Å². The fourth-order valence-corrected chi connectivity index (χ4v) is 6.75. The Morgan fingerprint density at radius 1 is 0.661 bits per heavy atom. The maximum absolute atomic E-state index is 6.75. The summed E-state index contributed by atoms with van der Waals surface area (Å²) in [6.45, 7) is 15.0. The topological polar surface area (TPSA) is 218 Å². The van der Waals surface area contributed by atoms with Crippen LogP contribution in [0.25, 0.3) is 0 Å². The molecule has 9 N–H and O–H groups in total. The van der Waals surface area contributed by atoms with Crippen LogP contribution >= 0.6 is 0 Å². The first kappa shape index (κ1) is 41.1. The van der Waals surface area contributed by atoms with Crippen molar-refractivity contribution in [1.82, 2.24) is 15.0 Å². The van der Waals surface area contributed by atoms with E-state index in [9.17, 15) is 0 Å². The number of methoxy groups -OCH3 is 1. The van der Waals surface area contributed by atoms with Gasteiger partial charge in [-0.15, -0.1) is 0 Å². The number of rotatable bonds is 19. The Morgan fingerprint density at radius 3 is 1.64 bits per heavy atom. The van der Waals surface area contributed by atoms with Gasteiger partial charge in [-0.2, -0.15) is 0 Å². The zero-order valence-electron chi connectivity index (χ0n) is 33.1. The van der Waals surface area contributed by atoms with E-state index in [1.54, 1.807) is 13.3 Å². The monoisotopic (exact) mass is 780 g/mol. The SMILES string of the molecule is COCC(C)Nc1cc(N2CCOCC2)nc(COCC(C)Nc2cc(N3CCOCC3)nc(COCCNc3cc(N4CCOCC4)ncc3N)c2N)c1N. The van der Waals surface area contributed by atoms with Crippen molar-refractivity contribution in [2.45, 2.75) is 39.1 Å². The van der Waals surface area contributed by atoms with E-state index in [1.807, 2.05) is 32.0 Å². The molecule has 3 saturated heterocycles. The van der Waals surface area contributed by atoms with Crippen molar-refractivity contribution in [3.8, 4) is 0 Å². The molecule has 0 saturated carbocycles. The molecule has 3 aliphatic heterocycles. The van der Waals surface area contributed by atoms with E-state index in [0.717, 1.165) is 73.8 Å². The molecule has 2 atom stereocenters. The van der Waals surface area contributed by atoms with Crippen LogP contribution in [0.2, 0.25) is 0 Å². The van der Waals surface area contributed by atoms with E-state index < -0.39 is 0 Å². The van der Waals surface area contributed by atoms with E-state index in [4.69, 9.17) is 55.6 Å². The Morgan fingerprint density at radius 2 is 1.12 bits per heavy atom. The lowest BCUT2D eigenvalue weighted by molar-refractivity contribution is 0.112. The number of morpholine rings is 3. The molecule has 3 fully saturated rings. The number of nitrogens with zero attached hydrogens (tertiary/aromatic N) is 6. The number of pyridine rings is 3. The summed E-state index contributed by atoms with van der Waals surface area (Å²) in [7, 11) is 1.68. The van der Waals surface area contributed by atoms with Gasteiger partial charge in [-0.3, -0.25) is 0 Å². The zero-order chi connectivity index (χ0) is 39.3. The number of nitrogen functional groups attached to an aromatic ring is 3. The molecular formula is C38H60N12O6. The average Bonchev–Trinajstić information content (AvgIpc) is 3.22. The van der Waals surface area contributed by atoms with Crippen molar-refractivity contribution < 1.29 is 28.4 Å². The maximum Gasteiger partial charge on any atom is 0.131 e. The van der Waals surface area contributed by atoms with Crippen LogP contribution in [-0.4, -0.2) is 139 Å². The van der Waals surface area contributed by atoms with Crippen molar-refractivity contribution in [1.29, 1.82) is 0 Å². The average molecular weight is 781 g/mol. The van der Waals surface area contributed by atoms with Gasteiger partial charge in [0.05, 0.1) is 124 Å². The summed E-state index contributed by atoms with van der Waals surface area (Å²) >= 11 is 0. The minimum atomic E-state index is -0.105. The first-order valence-corrected chi connectivity index (χ1v) is 19.5. The molecule has 18 heteroatoms. The van der Waals surface area contributed by atoms with Crippen LogP contribution in [0.3, 0.4) is 0 Å². The third kappa shape index (κ3) is 11.3. The lowest BCUT2D eigenvalue weighted by atomic mass is 10.2. The van der Waals surface area contributed by atoms with E-state index >= 15 is 0 Å². The molecule has 308 valence electrons. The largest absolute Gasteiger partial charge is 0.396 e. The molecule has 0 amide bonds. The molecule has 56 heavy (non-hydrogen) atoms. The van der Waals surface area contributed by atoms with Crippen LogP contribution in [0.1, 0.15) is 25.2 Å². The van der Waals surface area contributed by atoms with Gasteiger partial charge >= 0.3 is 0 Å². The predicted molar refractivity (Wildman–Crippen MR) is 221 cm³/mol. The third-order valence-electron chi connectivity index (χ3n) is 9.80. The minimum Gasteiger partial charge on any atom is -0.396 e. The van der Waals surface area contributed by atoms with Crippen LogP contribution < -0.4 is 47.9 Å². The smallest absolute Gasteiger partial charge is 0.131 e. The molecule has 2 unspecified atom stereocenters. The molecule has 0 bridgehead atoms. The second-order valence-electron chi connectivity index (χ2n) is 14.2. The van der Waals surface area contributed by atoms with Gasteiger partial charge in [0.1, 0.15) is 17.5 Å². The minimum absolute atomic E-state index is 0.0565. The van der Waals surface area contributed by atoms with E-state index in [-0.39, 0.29) is 25.3 Å². The number of nitrogens with two attached hydrogens (primary N) is 3. The van der Waals surface area contributed by atoms with Crippen molar-refractivity contribution >= 4 is 51.6 Å². The zero-order valence-corrected chi connectivity index (χ0v) is 33.1. The lowest BCUT2D eigenvalue weighted by Crippen LogP contribution is -2.37. The Bertz CT molecular complexity index is 1690. The molecular weight excluding hydrogens is 720 g/mol. The van der Waals surface area contributed by atoms with Gasteiger partial charge in [-0.25, -0.2) is 15.0 Å². The van der Waals surface area contributed by atoms with Crippen LogP contribution in [-0.2, 0) is 41.6 Å². The third-order valence-corrected chi connectivity index (χ3v) is 9.80. The summed E-state index contributed by atoms with van der Waals surface area (Å²) in [6, 6.07) is 5.91. The van der Waals surface area contributed by atoms with E-state index in [2.05, 4.69) is 35.6 Å². The van der Waals surface area contributed by atoms with Gasteiger partial charge in [0, 0.05) is 83.2 Å². The number of hydrogen-bond acceptors (Lipinski definition) is 18. The summed E-state index contributed by atoms with van der Waals surface area (Å²) in [5, 5.41) is 10.4. The summed E-state index contributed by atoms with van der Waals surface area (Å²) in [6.07, 6.45) is 1.69. The van der Waals surface area contributed by atoms with Gasteiger partial charge < -0.3 is 76.3 Å². The molecule has 0 spiro atoms. The highest BCUT2D eigenvalue weighted by molar-refractivity contribution is 5.74. The van der Waals surface area contributed by atoms with Crippen molar-refractivity contribution in [2.75, 3.05) is 160 Å². The normalized spacial score (nSPS) is 17.4. The van der Waals surface area contributed by atoms with E-state index in [1.165, 1.54) is 0 Å². The molecule has 18 nitrogen and oxygen atoms in total. The second kappa shape index (κ2) is 20.5. The Labute approximate surface area is 329 Å². The predicted octanol–water partition coefficient (Wildman–Crippen LogP) is 2.22. The number of nitrogens with one attached hydrogen (secondary N) is 3. The summed E-state index contributed by atoms with van der Waals surface area (Å²) in [4.78, 5) is 21.0. The van der Waals surface area contributed by atoms with Crippen LogP contribution in [0.5, 0.6) is 0 Å². The maximum atomic E-state index is 6.75. The lowest BCUT2D eigenvalue weighted by Gasteiger charge is -2.30. The fraction of sp³-hybridized carbons (Fsp3) is 0.605. The first-order chi connectivity index (χ1) is 27.3. The molecule has 6 heterocycles. The number of anilines is 9. The molecule has 0 aliphatic carbocycles. The van der Waals surface area contributed by atoms with Crippen molar-refractivity contribution in [3.05, 3.63) is 35.8 Å². The number of hydrogen-bond donors (Lipinski definition) is 6. The standard InChI is InChI=1S/C38H60N12O6/c1-26(22-51-3)44-30-19-36(50-9-16-54-17-10-50)47-33(38(30)41)25-56-23-27(2)45-31-20-35(49-7-14-53-15-8-49)46-32(37(31)40)24-55-11-4-42-29-18-34(43-21-28(29)39)48-5-12-52-13-6-48/h18-21,26-27H,4-17,22-25,39-41H2,1-3H3,(H,42,43)(H,44,47)(H,45,46). The van der Waals surface area contributed by atoms with Crippen LogP contribution in [0.4, 0.5) is 51.6 Å². The number of ether oxygens (including phenoxy) is 6. The fourth-order valence-electron chi connectivity index (χ4n) is 6.75. The van der Waals surface area contributed by atoms with Gasteiger partial charge in [0.25, 0.3) is 0 Å². The number of aromatic nitrogens is 3. The molecule has 3 aromatic heterocycles. The van der Waals surface area contributed by atoms with Gasteiger partial charge in [-0.05, 0) is 13.8 Å². The Hall–Kier alpha value is -4.59.